The zero-order chi connectivity index (χ0) is 6.57. The van der Waals surface area contributed by atoms with Crippen LogP contribution in [0.5, 0.6) is 0 Å². The first-order valence-corrected chi connectivity index (χ1v) is 2.88. The smallest absolute Gasteiger partial charge is 0.222 e. The van der Waals surface area contributed by atoms with Crippen LogP contribution in [0, 0.1) is 0 Å². The van der Waals surface area contributed by atoms with Gasteiger partial charge in [-0.1, -0.05) is 6.92 Å². The van der Waals surface area contributed by atoms with Crippen molar-refractivity contribution in [1.82, 2.24) is 4.90 Å². The molecule has 0 atom stereocenters. The van der Waals surface area contributed by atoms with Gasteiger partial charge in [0.1, 0.15) is 0 Å². The van der Waals surface area contributed by atoms with Crippen LogP contribution in [0.25, 0.3) is 0 Å². The van der Waals surface area contributed by atoms with Crippen LogP contribution in [0.3, 0.4) is 0 Å². The number of hydrogen-bond acceptors (Lipinski definition) is 1. The lowest BCUT2D eigenvalue weighted by molar-refractivity contribution is -0.128. The lowest BCUT2D eigenvalue weighted by Crippen LogP contribution is -2.20. The van der Waals surface area contributed by atoms with Gasteiger partial charge in [-0.25, -0.2) is 0 Å². The molecule has 0 aromatic heterocycles. The van der Waals surface area contributed by atoms with Gasteiger partial charge in [0.05, 0.1) is 0 Å². The fourth-order valence-corrected chi connectivity index (χ4v) is 0.437. The average Bonchev–Trinajstić information content (AvgIpc) is 1.67. The Morgan fingerprint density at radius 2 is 1.70 bits per heavy atom. The van der Waals surface area contributed by atoms with Gasteiger partial charge in [0.2, 0.25) is 5.91 Å². The molecule has 0 N–H and O–H groups in total. The highest BCUT2D eigenvalue weighted by molar-refractivity contribution is 5.85. The summed E-state index contributed by atoms with van der Waals surface area (Å²) in [4.78, 5) is 12.3. The standard InChI is InChI=1S/C6H13NO.2ClH/c1-4-5-6(8)7(2)3;;/h4-5H2,1-3H3;2*1H. The highest BCUT2D eigenvalue weighted by Gasteiger charge is 1.98. The van der Waals surface area contributed by atoms with E-state index in [4.69, 9.17) is 0 Å². The number of rotatable bonds is 2. The summed E-state index contributed by atoms with van der Waals surface area (Å²) in [5.41, 5.74) is 0. The molecule has 0 rings (SSSR count). The molecule has 0 aliphatic rings. The number of hydrogen-bond donors (Lipinski definition) is 0. The zero-order valence-electron chi connectivity index (χ0n) is 6.59. The van der Waals surface area contributed by atoms with Crippen LogP contribution < -0.4 is 0 Å². The molecular weight excluding hydrogens is 173 g/mol. The summed E-state index contributed by atoms with van der Waals surface area (Å²) in [5.74, 6) is 0.215. The summed E-state index contributed by atoms with van der Waals surface area (Å²) in [6.45, 7) is 2.00. The molecular formula is C6H15Cl2NO. The quantitative estimate of drug-likeness (QED) is 0.646. The van der Waals surface area contributed by atoms with E-state index in [1.54, 1.807) is 19.0 Å². The largest absolute Gasteiger partial charge is 0.349 e. The van der Waals surface area contributed by atoms with Gasteiger partial charge in [-0.15, -0.1) is 24.8 Å². The second-order valence-corrected chi connectivity index (χ2v) is 2.04. The van der Waals surface area contributed by atoms with Gasteiger partial charge in [-0.2, -0.15) is 0 Å². The number of amides is 1. The summed E-state index contributed by atoms with van der Waals surface area (Å²) < 4.78 is 0. The van der Waals surface area contributed by atoms with Crippen LogP contribution in [-0.4, -0.2) is 24.9 Å². The van der Waals surface area contributed by atoms with E-state index < -0.39 is 0 Å². The minimum Gasteiger partial charge on any atom is -0.349 e. The van der Waals surface area contributed by atoms with E-state index in [0.29, 0.717) is 6.42 Å². The molecule has 0 aliphatic heterocycles. The molecule has 64 valence electrons. The van der Waals surface area contributed by atoms with Gasteiger partial charge in [0.25, 0.3) is 0 Å². The fraction of sp³-hybridized carbons (Fsp3) is 0.833. The van der Waals surface area contributed by atoms with Crippen molar-refractivity contribution in [2.45, 2.75) is 19.8 Å². The summed E-state index contributed by atoms with van der Waals surface area (Å²) in [7, 11) is 3.55. The minimum absolute atomic E-state index is 0. The van der Waals surface area contributed by atoms with Crippen molar-refractivity contribution >= 4 is 30.7 Å². The van der Waals surface area contributed by atoms with Crippen LogP contribution in [-0.2, 0) is 4.79 Å². The Morgan fingerprint density at radius 3 is 1.80 bits per heavy atom. The predicted molar refractivity (Wildman–Crippen MR) is 48.1 cm³/mol. The normalized spacial score (nSPS) is 7.10. The molecule has 0 aliphatic carbocycles. The van der Waals surface area contributed by atoms with Crippen LogP contribution in [0.4, 0.5) is 0 Å². The molecule has 0 heterocycles. The van der Waals surface area contributed by atoms with E-state index >= 15 is 0 Å². The number of nitrogens with zero attached hydrogens (tertiary/aromatic N) is 1. The maximum atomic E-state index is 10.7. The molecule has 10 heavy (non-hydrogen) atoms. The molecule has 0 bridgehead atoms. The molecule has 0 fully saturated rings. The highest BCUT2D eigenvalue weighted by atomic mass is 35.5. The lowest BCUT2D eigenvalue weighted by atomic mass is 10.3. The molecule has 0 saturated carbocycles. The molecule has 0 aromatic carbocycles. The van der Waals surface area contributed by atoms with Gasteiger partial charge in [0.15, 0.2) is 0 Å². The van der Waals surface area contributed by atoms with Gasteiger partial charge < -0.3 is 4.90 Å². The molecule has 2 nitrogen and oxygen atoms in total. The number of halogens is 2. The van der Waals surface area contributed by atoms with E-state index in [2.05, 4.69) is 0 Å². The maximum absolute atomic E-state index is 10.7. The van der Waals surface area contributed by atoms with E-state index in [-0.39, 0.29) is 30.7 Å². The SMILES string of the molecule is CCCC(=O)N(C)C.Cl.Cl. The Hall–Kier alpha value is 0.0500. The first kappa shape index (κ1) is 16.6. The summed E-state index contributed by atoms with van der Waals surface area (Å²) in [5, 5.41) is 0. The third kappa shape index (κ3) is 8.05. The monoisotopic (exact) mass is 187 g/mol. The molecule has 0 spiro atoms. The van der Waals surface area contributed by atoms with Gasteiger partial charge in [-0.3, -0.25) is 4.79 Å². The molecule has 0 radical (unpaired) electrons. The summed E-state index contributed by atoms with van der Waals surface area (Å²) in [6, 6.07) is 0. The number of carbonyl (C=O) groups excluding carboxylic acids is 1. The lowest BCUT2D eigenvalue weighted by Gasteiger charge is -2.07. The fourth-order valence-electron chi connectivity index (χ4n) is 0.437. The molecule has 4 heteroatoms. The van der Waals surface area contributed by atoms with E-state index in [1.165, 1.54) is 0 Å². The van der Waals surface area contributed by atoms with Crippen molar-refractivity contribution in [3.8, 4) is 0 Å². The van der Waals surface area contributed by atoms with Gasteiger partial charge >= 0.3 is 0 Å². The summed E-state index contributed by atoms with van der Waals surface area (Å²) in [6.07, 6.45) is 1.62. The van der Waals surface area contributed by atoms with Crippen molar-refractivity contribution < 1.29 is 4.79 Å². The van der Waals surface area contributed by atoms with Crippen molar-refractivity contribution in [1.29, 1.82) is 0 Å². The molecule has 0 aromatic rings. The third-order valence-corrected chi connectivity index (χ3v) is 0.963. The molecule has 1 amide bonds. The van der Waals surface area contributed by atoms with Crippen molar-refractivity contribution in [3.63, 3.8) is 0 Å². The van der Waals surface area contributed by atoms with E-state index in [9.17, 15) is 4.79 Å². The predicted octanol–water partition coefficient (Wildman–Crippen LogP) is 1.72. The molecule has 0 unspecified atom stereocenters. The maximum Gasteiger partial charge on any atom is 0.222 e. The number of carbonyl (C=O) groups is 1. The van der Waals surface area contributed by atoms with Crippen LogP contribution in [0.2, 0.25) is 0 Å². The summed E-state index contributed by atoms with van der Waals surface area (Å²) >= 11 is 0. The first-order chi connectivity index (χ1) is 3.68. The topological polar surface area (TPSA) is 20.3 Å². The van der Waals surface area contributed by atoms with Crippen LogP contribution in [0.1, 0.15) is 19.8 Å². The van der Waals surface area contributed by atoms with Crippen LogP contribution >= 0.6 is 24.8 Å². The Labute approximate surface area is 74.8 Å². The van der Waals surface area contributed by atoms with Crippen molar-refractivity contribution in [2.75, 3.05) is 14.1 Å². The van der Waals surface area contributed by atoms with Crippen molar-refractivity contribution in [2.24, 2.45) is 0 Å². The first-order valence-electron chi connectivity index (χ1n) is 2.88. The van der Waals surface area contributed by atoms with E-state index in [1.807, 2.05) is 6.92 Å². The van der Waals surface area contributed by atoms with Crippen LogP contribution in [0.15, 0.2) is 0 Å². The second-order valence-electron chi connectivity index (χ2n) is 2.04. The van der Waals surface area contributed by atoms with E-state index in [0.717, 1.165) is 6.42 Å². The minimum atomic E-state index is 0. The highest BCUT2D eigenvalue weighted by Crippen LogP contribution is 1.89. The second kappa shape index (κ2) is 9.05. The zero-order valence-corrected chi connectivity index (χ0v) is 8.22. The molecule has 0 saturated heterocycles. The Morgan fingerprint density at radius 1 is 1.30 bits per heavy atom. The third-order valence-electron chi connectivity index (χ3n) is 0.963. The van der Waals surface area contributed by atoms with Crippen molar-refractivity contribution in [3.05, 3.63) is 0 Å². The van der Waals surface area contributed by atoms with Gasteiger partial charge in [0, 0.05) is 20.5 Å². The Bertz CT molecular complexity index is 85.8. The average molecular weight is 188 g/mol. The Balaban J connectivity index is -0.000000245. The Kier molecular flexibility index (Phi) is 15.0. The van der Waals surface area contributed by atoms with Gasteiger partial charge in [-0.05, 0) is 6.42 Å².